The van der Waals surface area contributed by atoms with E-state index in [0.717, 1.165) is 11.8 Å². The number of rotatable bonds is 9. The molecule has 0 radical (unpaired) electrons. The van der Waals surface area contributed by atoms with E-state index in [1.807, 2.05) is 30.3 Å². The number of carbonyl (C=O) groups is 1. The third-order valence-corrected chi connectivity index (χ3v) is 15.1. The number of nitrogens with zero attached hydrogens (tertiary/aromatic N) is 4. The second-order valence-electron chi connectivity index (χ2n) is 13.0. The molecule has 1 aliphatic heterocycles. The largest absolute Gasteiger partial charge is 0.407 e. The second-order valence-corrected chi connectivity index (χ2v) is 20.0. The lowest BCUT2D eigenvalue weighted by Gasteiger charge is -2.43. The first-order chi connectivity index (χ1) is 23.3. The van der Waals surface area contributed by atoms with Crippen LogP contribution in [0.15, 0.2) is 114 Å². The summed E-state index contributed by atoms with van der Waals surface area (Å²) in [5, 5.41) is 2.43. The van der Waals surface area contributed by atoms with Gasteiger partial charge >= 0.3 is 6.03 Å². The summed E-state index contributed by atoms with van der Waals surface area (Å²) in [5.74, 6) is 0.181. The summed E-state index contributed by atoms with van der Waals surface area (Å²) in [6.45, 7) is 7.20. The molecule has 6 rings (SSSR count). The molecule has 12 heteroatoms. The minimum atomic E-state index is -3.76. The van der Waals surface area contributed by atoms with Crippen molar-refractivity contribution in [1.29, 1.82) is 0 Å². The number of hydrogen-bond acceptors (Lipinski definition) is 6. The standard InChI is InChI=1S/C37H36Cl2N4O4SSi/c1-37(2,3)49(29-15-7-5-8-16-29,30-17-9-6-10-18-30)47-22-21-26-13-11-14-28(23-26)43-34-27(24-40-35(41-34)48(4,45)46)25-42(36(43)44)33-31(38)19-12-20-32(33)39/h5-20,23-24H,21-22,25H2,1-4H3. The van der Waals surface area contributed by atoms with E-state index in [0.29, 0.717) is 40.0 Å². The molecular formula is C37H36Cl2N4O4SSi. The van der Waals surface area contributed by atoms with Crippen LogP contribution < -0.4 is 20.2 Å². The molecule has 4 aromatic carbocycles. The first-order valence-corrected chi connectivity index (χ1v) is 20.3. The maximum Gasteiger partial charge on any atom is 0.335 e. The number of urea groups is 1. The van der Waals surface area contributed by atoms with Gasteiger partial charge in [0.25, 0.3) is 8.32 Å². The first-order valence-electron chi connectivity index (χ1n) is 15.8. The molecule has 0 saturated heterocycles. The van der Waals surface area contributed by atoms with Crippen molar-refractivity contribution in [1.82, 2.24) is 9.97 Å². The van der Waals surface area contributed by atoms with Crippen molar-refractivity contribution in [3.05, 3.63) is 130 Å². The van der Waals surface area contributed by atoms with Crippen molar-refractivity contribution >= 4 is 75.0 Å². The monoisotopic (exact) mass is 730 g/mol. The highest BCUT2D eigenvalue weighted by molar-refractivity contribution is 7.90. The Morgan fingerprint density at radius 3 is 2.02 bits per heavy atom. The van der Waals surface area contributed by atoms with Gasteiger partial charge in [-0.1, -0.05) is 123 Å². The van der Waals surface area contributed by atoms with Crippen LogP contribution in [0.4, 0.5) is 22.0 Å². The number of sulfone groups is 1. The maximum atomic E-state index is 14.3. The number of hydrogen-bond donors (Lipinski definition) is 0. The average Bonchev–Trinajstić information content (AvgIpc) is 3.06. The zero-order valence-electron chi connectivity index (χ0n) is 27.6. The Morgan fingerprint density at radius 1 is 0.857 bits per heavy atom. The molecule has 1 aromatic heterocycles. The van der Waals surface area contributed by atoms with Crippen molar-refractivity contribution in [3.8, 4) is 0 Å². The van der Waals surface area contributed by atoms with Crippen LogP contribution in [-0.4, -0.2) is 45.6 Å². The fraction of sp³-hybridized carbons (Fsp3) is 0.216. The zero-order chi connectivity index (χ0) is 35.0. The smallest absolute Gasteiger partial charge is 0.335 e. The Hall–Kier alpha value is -4.06. The van der Waals surface area contributed by atoms with Crippen LogP contribution in [0.1, 0.15) is 31.9 Å². The Bertz CT molecular complexity index is 2050. The summed E-state index contributed by atoms with van der Waals surface area (Å²) in [7, 11) is -6.52. The molecule has 49 heavy (non-hydrogen) atoms. The zero-order valence-corrected chi connectivity index (χ0v) is 30.9. The quantitative estimate of drug-likeness (QED) is 0.115. The second kappa shape index (κ2) is 13.7. The highest BCUT2D eigenvalue weighted by Gasteiger charge is 2.50. The van der Waals surface area contributed by atoms with Crippen molar-refractivity contribution in [3.63, 3.8) is 0 Å². The van der Waals surface area contributed by atoms with Crippen LogP contribution in [0.25, 0.3) is 0 Å². The van der Waals surface area contributed by atoms with Gasteiger partial charge in [-0.05, 0) is 51.7 Å². The number of para-hydroxylation sites is 1. The van der Waals surface area contributed by atoms with Crippen LogP contribution in [0.2, 0.25) is 15.1 Å². The van der Waals surface area contributed by atoms with Gasteiger partial charge in [-0.3, -0.25) is 4.90 Å². The highest BCUT2D eigenvalue weighted by atomic mass is 35.5. The van der Waals surface area contributed by atoms with Crippen molar-refractivity contribution in [2.75, 3.05) is 22.7 Å². The van der Waals surface area contributed by atoms with Crippen LogP contribution in [0.3, 0.4) is 0 Å². The fourth-order valence-electron chi connectivity index (χ4n) is 6.40. The van der Waals surface area contributed by atoms with Gasteiger partial charge in [-0.15, -0.1) is 0 Å². The summed E-state index contributed by atoms with van der Waals surface area (Å²) in [6.07, 6.45) is 3.02. The Balaban J connectivity index is 1.37. The molecule has 252 valence electrons. The van der Waals surface area contributed by atoms with Gasteiger partial charge in [-0.2, -0.15) is 4.98 Å². The van der Waals surface area contributed by atoms with E-state index >= 15 is 0 Å². The van der Waals surface area contributed by atoms with E-state index in [1.54, 1.807) is 24.3 Å². The van der Waals surface area contributed by atoms with Crippen LogP contribution in [0.5, 0.6) is 0 Å². The van der Waals surface area contributed by atoms with E-state index in [-0.39, 0.29) is 22.6 Å². The Kier molecular flexibility index (Phi) is 9.72. The predicted molar refractivity (Wildman–Crippen MR) is 199 cm³/mol. The van der Waals surface area contributed by atoms with E-state index in [4.69, 9.17) is 27.6 Å². The van der Waals surface area contributed by atoms with Crippen LogP contribution in [-0.2, 0) is 27.2 Å². The lowest BCUT2D eigenvalue weighted by Crippen LogP contribution is -2.66. The number of amides is 2. The van der Waals surface area contributed by atoms with E-state index < -0.39 is 24.2 Å². The number of fused-ring (bicyclic) bond motifs is 1. The van der Waals surface area contributed by atoms with Gasteiger partial charge < -0.3 is 4.43 Å². The van der Waals surface area contributed by atoms with E-state index in [1.165, 1.54) is 26.4 Å². The van der Waals surface area contributed by atoms with Gasteiger partial charge in [0.15, 0.2) is 5.82 Å². The number of carbonyl (C=O) groups excluding carboxylic acids is 1. The minimum absolute atomic E-state index is 0.0458. The molecule has 0 unspecified atom stereocenters. The third kappa shape index (κ3) is 6.76. The summed E-state index contributed by atoms with van der Waals surface area (Å²) < 4.78 is 32.0. The van der Waals surface area contributed by atoms with Gasteiger partial charge in [0.05, 0.1) is 28.0 Å². The lowest BCUT2D eigenvalue weighted by molar-refractivity contribution is 0.252. The molecule has 0 N–H and O–H groups in total. The number of anilines is 3. The third-order valence-electron chi connectivity index (χ3n) is 8.62. The summed E-state index contributed by atoms with van der Waals surface area (Å²) >= 11 is 13.1. The summed E-state index contributed by atoms with van der Waals surface area (Å²) in [6, 6.07) is 33.0. The van der Waals surface area contributed by atoms with Gasteiger partial charge in [-0.25, -0.2) is 23.1 Å². The molecule has 1 aliphatic rings. The SMILES string of the molecule is CC(C)(C)[Si](OCCc1cccc(N2C(=O)N(c3c(Cl)cccc3Cl)Cc3cnc(S(C)(=O)=O)nc32)c1)(c1ccccc1)c1ccccc1. The average molecular weight is 732 g/mol. The lowest BCUT2D eigenvalue weighted by atomic mass is 10.1. The summed E-state index contributed by atoms with van der Waals surface area (Å²) in [4.78, 5) is 25.7. The predicted octanol–water partition coefficient (Wildman–Crippen LogP) is 7.58. The van der Waals surface area contributed by atoms with Gasteiger partial charge in [0.2, 0.25) is 15.0 Å². The molecule has 2 amide bonds. The molecule has 0 fully saturated rings. The molecule has 0 bridgehead atoms. The first kappa shape index (κ1) is 34.8. The highest BCUT2D eigenvalue weighted by Crippen LogP contribution is 2.41. The van der Waals surface area contributed by atoms with Gasteiger partial charge in [0.1, 0.15) is 0 Å². The molecule has 0 aliphatic carbocycles. The molecular weight excluding hydrogens is 695 g/mol. The molecule has 8 nitrogen and oxygen atoms in total. The van der Waals surface area contributed by atoms with Crippen molar-refractivity contribution < 1.29 is 17.6 Å². The maximum absolute atomic E-state index is 14.3. The summed E-state index contributed by atoms with van der Waals surface area (Å²) in [5.41, 5.74) is 2.30. The number of halogens is 2. The Morgan fingerprint density at radius 2 is 1.45 bits per heavy atom. The minimum Gasteiger partial charge on any atom is -0.407 e. The van der Waals surface area contributed by atoms with Crippen molar-refractivity contribution in [2.45, 2.75) is 43.9 Å². The van der Waals surface area contributed by atoms with E-state index in [9.17, 15) is 13.2 Å². The van der Waals surface area contributed by atoms with E-state index in [2.05, 4.69) is 79.3 Å². The molecule has 0 spiro atoms. The molecule has 0 atom stereocenters. The van der Waals surface area contributed by atoms with Crippen LogP contribution in [0, 0.1) is 0 Å². The molecule has 2 heterocycles. The fourth-order valence-corrected chi connectivity index (χ4v) is 12.1. The topological polar surface area (TPSA) is 92.7 Å². The normalized spacial score (nSPS) is 13.8. The molecule has 5 aromatic rings. The van der Waals surface area contributed by atoms with Crippen LogP contribution >= 0.6 is 23.2 Å². The number of benzene rings is 4. The molecule has 0 saturated carbocycles. The van der Waals surface area contributed by atoms with Crippen molar-refractivity contribution in [2.24, 2.45) is 0 Å². The Labute approximate surface area is 298 Å². The van der Waals surface area contributed by atoms with Gasteiger partial charge in [0, 0.05) is 24.6 Å². The number of aromatic nitrogens is 2.